The van der Waals surface area contributed by atoms with E-state index in [4.69, 9.17) is 4.74 Å². The van der Waals surface area contributed by atoms with Crippen LogP contribution in [0.2, 0.25) is 0 Å². The van der Waals surface area contributed by atoms with Gasteiger partial charge in [0, 0.05) is 34.9 Å². The number of hydrogen-bond acceptors (Lipinski definition) is 3. The summed E-state index contributed by atoms with van der Waals surface area (Å²) in [5, 5.41) is 3.30. The van der Waals surface area contributed by atoms with Crippen LogP contribution in [-0.4, -0.2) is 31.3 Å². The molecule has 0 aliphatic carbocycles. The Morgan fingerprint density at radius 2 is 2.41 bits per heavy atom. The van der Waals surface area contributed by atoms with Crippen LogP contribution >= 0.6 is 15.9 Å². The molecule has 2 unspecified atom stereocenters. The van der Waals surface area contributed by atoms with Crippen LogP contribution < -0.4 is 5.32 Å². The van der Waals surface area contributed by atoms with Gasteiger partial charge in [-0.1, -0.05) is 0 Å². The summed E-state index contributed by atoms with van der Waals surface area (Å²) < 4.78 is 6.77. The fourth-order valence-corrected chi connectivity index (χ4v) is 2.80. The molecule has 0 saturated carbocycles. The van der Waals surface area contributed by atoms with Crippen LogP contribution in [0.1, 0.15) is 19.0 Å². The van der Waals surface area contributed by atoms with Crippen LogP contribution in [0.15, 0.2) is 22.8 Å². The maximum Gasteiger partial charge on any atom is 0.0619 e. The SMILES string of the molecule is CNCC1(Cc2ccc(Br)cn2)CCOC1C. The second-order valence-electron chi connectivity index (χ2n) is 4.80. The fourth-order valence-electron chi connectivity index (χ4n) is 2.57. The highest BCUT2D eigenvalue weighted by Crippen LogP contribution is 2.37. The summed E-state index contributed by atoms with van der Waals surface area (Å²) in [6, 6.07) is 4.14. The number of aromatic nitrogens is 1. The second kappa shape index (κ2) is 5.46. The average molecular weight is 299 g/mol. The molecule has 0 spiro atoms. The number of ether oxygens (including phenoxy) is 1. The predicted molar refractivity (Wildman–Crippen MR) is 72.0 cm³/mol. The Labute approximate surface area is 111 Å². The van der Waals surface area contributed by atoms with Crippen molar-refractivity contribution in [1.82, 2.24) is 10.3 Å². The monoisotopic (exact) mass is 298 g/mol. The summed E-state index contributed by atoms with van der Waals surface area (Å²) in [4.78, 5) is 4.47. The molecule has 17 heavy (non-hydrogen) atoms. The molecule has 4 heteroatoms. The van der Waals surface area contributed by atoms with Gasteiger partial charge in [0.1, 0.15) is 0 Å². The predicted octanol–water partition coefficient (Wildman–Crippen LogP) is 2.40. The van der Waals surface area contributed by atoms with Crippen LogP contribution in [0.25, 0.3) is 0 Å². The molecule has 1 aliphatic heterocycles. The molecule has 1 aromatic heterocycles. The number of nitrogens with one attached hydrogen (secondary N) is 1. The zero-order chi connectivity index (χ0) is 12.3. The normalized spacial score (nSPS) is 28.5. The molecule has 1 aliphatic rings. The van der Waals surface area contributed by atoms with E-state index in [1.807, 2.05) is 13.2 Å². The van der Waals surface area contributed by atoms with Crippen molar-refractivity contribution in [3.63, 3.8) is 0 Å². The maximum absolute atomic E-state index is 5.74. The minimum absolute atomic E-state index is 0.190. The summed E-state index contributed by atoms with van der Waals surface area (Å²) in [7, 11) is 2.00. The third-order valence-electron chi connectivity index (χ3n) is 3.68. The zero-order valence-corrected chi connectivity index (χ0v) is 12.0. The Hall–Kier alpha value is -0.450. The van der Waals surface area contributed by atoms with Gasteiger partial charge in [-0.3, -0.25) is 4.98 Å². The highest BCUT2D eigenvalue weighted by Gasteiger charge is 2.41. The largest absolute Gasteiger partial charge is 0.378 e. The van der Waals surface area contributed by atoms with E-state index in [1.165, 1.54) is 0 Å². The van der Waals surface area contributed by atoms with Crippen molar-refractivity contribution in [2.24, 2.45) is 5.41 Å². The summed E-state index contributed by atoms with van der Waals surface area (Å²) in [6.45, 7) is 4.01. The van der Waals surface area contributed by atoms with Gasteiger partial charge in [0.25, 0.3) is 0 Å². The van der Waals surface area contributed by atoms with Crippen molar-refractivity contribution in [2.75, 3.05) is 20.2 Å². The van der Waals surface area contributed by atoms with Gasteiger partial charge >= 0.3 is 0 Å². The molecule has 0 bridgehead atoms. The molecule has 1 aromatic rings. The first kappa shape index (κ1) is 13.0. The molecule has 0 aromatic carbocycles. The standard InChI is InChI=1S/C13H19BrN2O/c1-10-13(9-15-2,5-6-17-10)7-12-4-3-11(14)8-16-12/h3-4,8,10,15H,5-7,9H2,1-2H3. The van der Waals surface area contributed by atoms with Gasteiger partial charge in [-0.25, -0.2) is 0 Å². The van der Waals surface area contributed by atoms with E-state index in [1.54, 1.807) is 0 Å². The van der Waals surface area contributed by atoms with Crippen LogP contribution in [0, 0.1) is 5.41 Å². The third-order valence-corrected chi connectivity index (χ3v) is 4.15. The molecule has 3 nitrogen and oxygen atoms in total. The lowest BCUT2D eigenvalue weighted by molar-refractivity contribution is 0.0635. The van der Waals surface area contributed by atoms with Crippen molar-refractivity contribution >= 4 is 15.9 Å². The minimum atomic E-state index is 0.190. The van der Waals surface area contributed by atoms with Crippen molar-refractivity contribution in [3.05, 3.63) is 28.5 Å². The van der Waals surface area contributed by atoms with Gasteiger partial charge in [-0.05, 0) is 54.9 Å². The minimum Gasteiger partial charge on any atom is -0.378 e. The Bertz CT molecular complexity index is 368. The van der Waals surface area contributed by atoms with Crippen LogP contribution in [-0.2, 0) is 11.2 Å². The van der Waals surface area contributed by atoms with Crippen molar-refractivity contribution in [3.8, 4) is 0 Å². The molecular formula is C13H19BrN2O. The highest BCUT2D eigenvalue weighted by molar-refractivity contribution is 9.10. The van der Waals surface area contributed by atoms with E-state index in [0.717, 1.165) is 36.2 Å². The zero-order valence-electron chi connectivity index (χ0n) is 10.4. The van der Waals surface area contributed by atoms with E-state index >= 15 is 0 Å². The third kappa shape index (κ3) is 2.87. The summed E-state index contributed by atoms with van der Waals surface area (Å²) in [6.07, 6.45) is 4.23. The van der Waals surface area contributed by atoms with Crippen molar-refractivity contribution < 1.29 is 4.74 Å². The lowest BCUT2D eigenvalue weighted by Crippen LogP contribution is -2.40. The Balaban J connectivity index is 2.15. The second-order valence-corrected chi connectivity index (χ2v) is 5.72. The molecule has 0 amide bonds. The summed E-state index contributed by atoms with van der Waals surface area (Å²) in [5.41, 5.74) is 1.33. The maximum atomic E-state index is 5.74. The molecule has 1 saturated heterocycles. The van der Waals surface area contributed by atoms with Crippen LogP contribution in [0.5, 0.6) is 0 Å². The Morgan fingerprint density at radius 1 is 1.59 bits per heavy atom. The van der Waals surface area contributed by atoms with E-state index in [0.29, 0.717) is 6.10 Å². The molecule has 1 N–H and O–H groups in total. The Morgan fingerprint density at radius 3 is 2.94 bits per heavy atom. The highest BCUT2D eigenvalue weighted by atomic mass is 79.9. The van der Waals surface area contributed by atoms with Gasteiger partial charge in [0.05, 0.1) is 6.10 Å². The molecular weight excluding hydrogens is 280 g/mol. The lowest BCUT2D eigenvalue weighted by atomic mass is 9.77. The first-order chi connectivity index (χ1) is 8.16. The van der Waals surface area contributed by atoms with E-state index < -0.39 is 0 Å². The fraction of sp³-hybridized carbons (Fsp3) is 0.615. The van der Waals surface area contributed by atoms with Gasteiger partial charge in [0.2, 0.25) is 0 Å². The Kier molecular flexibility index (Phi) is 4.17. The van der Waals surface area contributed by atoms with Gasteiger partial charge < -0.3 is 10.1 Å². The van der Waals surface area contributed by atoms with E-state index in [9.17, 15) is 0 Å². The molecule has 2 atom stereocenters. The van der Waals surface area contributed by atoms with Crippen molar-refractivity contribution in [2.45, 2.75) is 25.9 Å². The molecule has 94 valence electrons. The number of rotatable bonds is 4. The smallest absolute Gasteiger partial charge is 0.0619 e. The van der Waals surface area contributed by atoms with E-state index in [2.05, 4.69) is 45.3 Å². The first-order valence-electron chi connectivity index (χ1n) is 6.03. The van der Waals surface area contributed by atoms with Gasteiger partial charge in [-0.15, -0.1) is 0 Å². The summed E-state index contributed by atoms with van der Waals surface area (Å²) in [5.74, 6) is 0. The van der Waals surface area contributed by atoms with Crippen LogP contribution in [0.3, 0.4) is 0 Å². The number of nitrogens with zero attached hydrogens (tertiary/aromatic N) is 1. The van der Waals surface area contributed by atoms with Gasteiger partial charge in [0.15, 0.2) is 0 Å². The first-order valence-corrected chi connectivity index (χ1v) is 6.82. The van der Waals surface area contributed by atoms with Crippen LogP contribution in [0.4, 0.5) is 0 Å². The van der Waals surface area contributed by atoms with Crippen molar-refractivity contribution in [1.29, 1.82) is 0 Å². The number of halogens is 1. The topological polar surface area (TPSA) is 34.2 Å². The molecule has 2 rings (SSSR count). The molecule has 2 heterocycles. The van der Waals surface area contributed by atoms with E-state index in [-0.39, 0.29) is 5.41 Å². The van der Waals surface area contributed by atoms with Gasteiger partial charge in [-0.2, -0.15) is 0 Å². The average Bonchev–Trinajstić information content (AvgIpc) is 2.65. The molecule has 0 radical (unpaired) electrons. The quantitative estimate of drug-likeness (QED) is 0.927. The summed E-state index contributed by atoms with van der Waals surface area (Å²) >= 11 is 3.41. The number of pyridine rings is 1. The number of hydrogen-bond donors (Lipinski definition) is 1. The molecule has 1 fully saturated rings. The lowest BCUT2D eigenvalue weighted by Gasteiger charge is -2.31.